The van der Waals surface area contributed by atoms with Gasteiger partial charge in [-0.2, -0.15) is 13.2 Å². The van der Waals surface area contributed by atoms with Crippen molar-refractivity contribution >= 4 is 52.5 Å². The van der Waals surface area contributed by atoms with E-state index in [2.05, 4.69) is 10.3 Å². The lowest BCUT2D eigenvalue weighted by Gasteiger charge is -2.43. The molecule has 2 saturated carbocycles. The maximum atomic E-state index is 13.9. The van der Waals surface area contributed by atoms with Crippen LogP contribution in [0.2, 0.25) is 0 Å². The summed E-state index contributed by atoms with van der Waals surface area (Å²) in [6.45, 7) is 2.77. The standard InChI is InChI=1S/C33H30F3N3O7S2/c1-13(2)25(31(43)44)39-29(41)23-16-11-17(24(23)30(39)42)26-22(16)21(27-28(47-26)38-32(45)48-27)14-6-5-7-15(10-14)46-12-20(40)37-19-9-4-3-8-18(19)33(34,35)36/h3-10,13,16-17,21-26H,11-12H2,1-2H3,(H,37,40)(H,38,45)(H,43,44)/t16?,17?,21-,22?,23?,24?,25?,26?/m1/s1. The van der Waals surface area contributed by atoms with Gasteiger partial charge in [0.05, 0.1) is 28.1 Å². The van der Waals surface area contributed by atoms with Gasteiger partial charge in [0, 0.05) is 16.0 Å². The Hall–Kier alpha value is -4.11. The van der Waals surface area contributed by atoms with E-state index in [-0.39, 0.29) is 45.2 Å². The Morgan fingerprint density at radius 2 is 1.77 bits per heavy atom. The van der Waals surface area contributed by atoms with E-state index in [1.165, 1.54) is 23.9 Å². The molecule has 3 N–H and O–H groups in total. The van der Waals surface area contributed by atoms with Gasteiger partial charge in [-0.3, -0.25) is 24.1 Å². The molecule has 2 aliphatic carbocycles. The van der Waals surface area contributed by atoms with E-state index in [0.29, 0.717) is 11.4 Å². The molecule has 252 valence electrons. The van der Waals surface area contributed by atoms with E-state index >= 15 is 0 Å². The Morgan fingerprint density at radius 3 is 2.46 bits per heavy atom. The first-order valence-corrected chi connectivity index (χ1v) is 17.1. The number of aromatic amines is 1. The number of hydrogen-bond acceptors (Lipinski definition) is 8. The summed E-state index contributed by atoms with van der Waals surface area (Å²) in [4.78, 5) is 69.4. The maximum absolute atomic E-state index is 13.9. The Balaban J connectivity index is 1.16. The number of benzene rings is 2. The van der Waals surface area contributed by atoms with Gasteiger partial charge < -0.3 is 20.1 Å². The SMILES string of the molecule is CC(C)C(C(=O)O)N1C(=O)C2C3CC(C2C1=O)C1C3Sc2[nH]c(=O)sc2[C@@H]1c1cccc(OCC(=O)Nc2ccccc2C(F)(F)F)c1. The molecule has 2 aromatic carbocycles. The lowest BCUT2D eigenvalue weighted by molar-refractivity contribution is -0.157. The zero-order valence-electron chi connectivity index (χ0n) is 25.5. The molecule has 3 heterocycles. The summed E-state index contributed by atoms with van der Waals surface area (Å²) >= 11 is 2.57. The molecule has 3 fully saturated rings. The van der Waals surface area contributed by atoms with Crippen molar-refractivity contribution in [1.82, 2.24) is 9.88 Å². The highest BCUT2D eigenvalue weighted by molar-refractivity contribution is 8.00. The van der Waals surface area contributed by atoms with E-state index in [1.54, 1.807) is 32.0 Å². The molecule has 0 spiro atoms. The molecule has 3 aromatic rings. The van der Waals surface area contributed by atoms with E-state index in [9.17, 15) is 42.3 Å². The molecule has 2 aliphatic heterocycles. The molecular weight excluding hydrogens is 672 g/mol. The molecule has 1 aromatic heterocycles. The number of aromatic nitrogens is 1. The van der Waals surface area contributed by atoms with Gasteiger partial charge in [-0.15, -0.1) is 11.8 Å². The summed E-state index contributed by atoms with van der Waals surface area (Å²) in [5.41, 5.74) is -0.609. The molecule has 15 heteroatoms. The largest absolute Gasteiger partial charge is 0.484 e. The maximum Gasteiger partial charge on any atom is 0.418 e. The minimum absolute atomic E-state index is 0.123. The second-order valence-corrected chi connectivity index (χ2v) is 15.2. The Bertz CT molecular complexity index is 1890. The van der Waals surface area contributed by atoms with Gasteiger partial charge in [0.25, 0.3) is 5.91 Å². The predicted octanol–water partition coefficient (Wildman–Crippen LogP) is 5.06. The van der Waals surface area contributed by atoms with Crippen LogP contribution in [0.1, 0.15) is 42.2 Å². The van der Waals surface area contributed by atoms with E-state index in [0.717, 1.165) is 38.8 Å². The Kier molecular flexibility index (Phi) is 7.97. The normalized spacial score (nSPS) is 27.9. The summed E-state index contributed by atoms with van der Waals surface area (Å²) in [6.07, 6.45) is -4.04. The third-order valence-corrected chi connectivity index (χ3v) is 12.6. The van der Waals surface area contributed by atoms with Crippen molar-refractivity contribution < 1.29 is 42.2 Å². The number of amides is 3. The second-order valence-electron chi connectivity index (χ2n) is 13.0. The number of hydrogen-bond donors (Lipinski definition) is 3. The predicted molar refractivity (Wildman–Crippen MR) is 169 cm³/mol. The number of aliphatic carboxylic acids is 1. The van der Waals surface area contributed by atoms with Crippen LogP contribution in [-0.2, 0) is 25.4 Å². The molecule has 8 atom stereocenters. The molecule has 7 unspecified atom stereocenters. The first-order chi connectivity index (χ1) is 22.8. The number of H-pyrrole nitrogens is 1. The second kappa shape index (κ2) is 11.8. The molecule has 2 bridgehead atoms. The molecule has 7 rings (SSSR count). The van der Waals surface area contributed by atoms with Crippen LogP contribution < -0.4 is 14.9 Å². The van der Waals surface area contributed by atoms with Crippen molar-refractivity contribution in [1.29, 1.82) is 0 Å². The van der Waals surface area contributed by atoms with Gasteiger partial charge in [-0.1, -0.05) is 49.4 Å². The van der Waals surface area contributed by atoms with Crippen LogP contribution in [0.4, 0.5) is 18.9 Å². The quantitative estimate of drug-likeness (QED) is 0.277. The average Bonchev–Trinajstić information content (AvgIpc) is 3.75. The molecular formula is C33H30F3N3O7S2. The molecule has 4 aliphatic rings. The van der Waals surface area contributed by atoms with Crippen LogP contribution in [0, 0.1) is 35.5 Å². The summed E-state index contributed by atoms with van der Waals surface area (Å²) in [5, 5.41) is 12.7. The smallest absolute Gasteiger partial charge is 0.418 e. The van der Waals surface area contributed by atoms with Gasteiger partial charge >= 0.3 is 17.0 Å². The summed E-state index contributed by atoms with van der Waals surface area (Å²) in [7, 11) is 0. The summed E-state index contributed by atoms with van der Waals surface area (Å²) in [6, 6.07) is 10.3. The zero-order chi connectivity index (χ0) is 34.2. The van der Waals surface area contributed by atoms with Crippen molar-refractivity contribution in [3.05, 3.63) is 74.2 Å². The molecule has 1 saturated heterocycles. The van der Waals surface area contributed by atoms with Gasteiger partial charge in [0.1, 0.15) is 11.8 Å². The number of imide groups is 1. The van der Waals surface area contributed by atoms with E-state index in [4.69, 9.17) is 4.74 Å². The number of likely N-dealkylation sites (tertiary alicyclic amines) is 1. The third kappa shape index (κ3) is 5.21. The highest BCUT2D eigenvalue weighted by Crippen LogP contribution is 2.68. The number of carboxylic acids is 1. The minimum Gasteiger partial charge on any atom is -0.484 e. The Labute approximate surface area is 280 Å². The van der Waals surface area contributed by atoms with Crippen LogP contribution in [0.15, 0.2) is 58.4 Å². The van der Waals surface area contributed by atoms with E-state index in [1.807, 2.05) is 6.07 Å². The number of thioether (sulfide) groups is 1. The molecule has 48 heavy (non-hydrogen) atoms. The van der Waals surface area contributed by atoms with Crippen LogP contribution in [-0.4, -0.2) is 56.6 Å². The number of anilines is 1. The zero-order valence-corrected chi connectivity index (χ0v) is 27.2. The van der Waals surface area contributed by atoms with Crippen molar-refractivity contribution in [2.75, 3.05) is 11.9 Å². The third-order valence-electron chi connectivity index (χ3n) is 10.0. The highest BCUT2D eigenvalue weighted by atomic mass is 32.2. The number of para-hydroxylation sites is 1. The van der Waals surface area contributed by atoms with Crippen molar-refractivity contribution in [3.8, 4) is 5.75 Å². The number of carbonyl (C=O) groups is 4. The van der Waals surface area contributed by atoms with Crippen LogP contribution in [0.5, 0.6) is 5.75 Å². The Morgan fingerprint density at radius 1 is 1.06 bits per heavy atom. The van der Waals surface area contributed by atoms with E-state index < -0.39 is 65.8 Å². The first-order valence-electron chi connectivity index (χ1n) is 15.4. The number of alkyl halides is 3. The first kappa shape index (κ1) is 32.4. The number of fused-ring (bicyclic) bond motifs is 9. The number of nitrogens with one attached hydrogen (secondary N) is 2. The number of ether oxygens (including phenoxy) is 1. The fourth-order valence-electron chi connectivity index (χ4n) is 8.35. The number of rotatable bonds is 8. The van der Waals surface area contributed by atoms with Crippen LogP contribution >= 0.6 is 23.1 Å². The van der Waals surface area contributed by atoms with Crippen LogP contribution in [0.25, 0.3) is 0 Å². The lowest BCUT2D eigenvalue weighted by atomic mass is 9.68. The van der Waals surface area contributed by atoms with Crippen molar-refractivity contribution in [2.45, 2.75) is 48.7 Å². The monoisotopic (exact) mass is 701 g/mol. The number of carboxylic acid groups (broad SMARTS) is 1. The fraction of sp³-hybridized carbons (Fsp3) is 0.424. The molecule has 10 nitrogen and oxygen atoms in total. The number of carbonyl (C=O) groups excluding carboxylic acids is 3. The van der Waals surface area contributed by atoms with Crippen molar-refractivity contribution in [2.24, 2.45) is 35.5 Å². The van der Waals surface area contributed by atoms with Gasteiger partial charge in [0.2, 0.25) is 11.8 Å². The van der Waals surface area contributed by atoms with Gasteiger partial charge in [-0.25, -0.2) is 4.79 Å². The van der Waals surface area contributed by atoms with Crippen LogP contribution in [0.3, 0.4) is 0 Å². The summed E-state index contributed by atoms with van der Waals surface area (Å²) < 4.78 is 45.9. The summed E-state index contributed by atoms with van der Waals surface area (Å²) in [5.74, 6) is -5.33. The minimum atomic E-state index is -4.65. The number of thiazole rings is 1. The number of halogens is 3. The molecule has 3 amide bonds. The number of nitrogens with zero attached hydrogens (tertiary/aromatic N) is 1. The van der Waals surface area contributed by atoms with Crippen molar-refractivity contribution in [3.63, 3.8) is 0 Å². The topological polar surface area (TPSA) is 146 Å². The highest BCUT2D eigenvalue weighted by Gasteiger charge is 2.70. The fourth-order valence-corrected chi connectivity index (χ4v) is 11.2. The van der Waals surface area contributed by atoms with Gasteiger partial charge in [0.15, 0.2) is 6.61 Å². The lowest BCUT2D eigenvalue weighted by Crippen LogP contribution is -2.49. The molecule has 0 radical (unpaired) electrons. The van der Waals surface area contributed by atoms with Gasteiger partial charge in [-0.05, 0) is 59.9 Å². The average molecular weight is 702 g/mol.